The first-order valence-corrected chi connectivity index (χ1v) is 33.4. The number of aromatic carboxylic acids is 1. The fraction of sp³-hybridized carbons (Fsp3) is 0.467. The highest BCUT2D eigenvalue weighted by Gasteiger charge is 2.42. The molecule has 1 aliphatic carbocycles. The number of nitrogens with zero attached hydrogens (tertiary/aromatic N) is 3. The minimum absolute atomic E-state index is 0.0155. The van der Waals surface area contributed by atoms with E-state index in [4.69, 9.17) is 61.4 Å². The summed E-state index contributed by atoms with van der Waals surface area (Å²) in [5, 5.41) is 46.6. The zero-order valence-corrected chi connectivity index (χ0v) is 53.5. The number of rotatable bonds is 40. The largest absolute Gasteiger partial charge is 0.508 e. The maximum absolute atomic E-state index is 13.4. The lowest BCUT2D eigenvalue weighted by Gasteiger charge is -2.19. The van der Waals surface area contributed by atoms with Gasteiger partial charge < -0.3 is 84.2 Å². The van der Waals surface area contributed by atoms with Crippen LogP contribution in [0.5, 0.6) is 5.75 Å². The fourth-order valence-electron chi connectivity index (χ4n) is 10.0. The third-order valence-electron chi connectivity index (χ3n) is 14.7. The van der Waals surface area contributed by atoms with Crippen molar-refractivity contribution in [2.75, 3.05) is 111 Å². The summed E-state index contributed by atoms with van der Waals surface area (Å²) in [6.07, 6.45) is 0.476. The van der Waals surface area contributed by atoms with Crippen LogP contribution in [0.15, 0.2) is 103 Å². The van der Waals surface area contributed by atoms with E-state index in [1.807, 2.05) is 0 Å². The number of benzene rings is 3. The Balaban J connectivity index is 0.636. The van der Waals surface area contributed by atoms with Crippen LogP contribution in [0.1, 0.15) is 77.3 Å². The first-order valence-electron chi connectivity index (χ1n) is 30.4. The van der Waals surface area contributed by atoms with Crippen molar-refractivity contribution in [1.29, 1.82) is 0 Å². The molecule has 8 rings (SSSR count). The molecule has 2 aromatic carbocycles. The first kappa shape index (κ1) is 74.1. The number of carboxylic acid groups (broad SMARTS) is 1. The number of phenolic OH excluding ortho intramolecular Hbond substituents is 1. The molecule has 0 radical (unpaired) electrons. The van der Waals surface area contributed by atoms with Crippen LogP contribution in [-0.4, -0.2) is 197 Å². The number of unbranched alkanes of at least 4 members (excludes halogenated alkanes) is 3. The third-order valence-corrected chi connectivity index (χ3v) is 16.7. The molecule has 4 aromatic rings. The summed E-state index contributed by atoms with van der Waals surface area (Å²) in [6, 6.07) is 14.0. The van der Waals surface area contributed by atoms with E-state index in [2.05, 4.69) is 20.6 Å². The molecule has 0 spiro atoms. The molecule has 96 heavy (non-hydrogen) atoms. The second kappa shape index (κ2) is 36.0. The molecule has 8 atom stereocenters. The Morgan fingerprint density at radius 3 is 1.99 bits per heavy atom. The highest BCUT2D eigenvalue weighted by atomic mass is 31.2. The van der Waals surface area contributed by atoms with E-state index in [0.29, 0.717) is 42.2 Å². The third kappa shape index (κ3) is 21.9. The number of H-pyrrole nitrogens is 1. The van der Waals surface area contributed by atoms with Gasteiger partial charge in [-0.2, -0.15) is 4.98 Å². The molecule has 522 valence electrons. The predicted octanol–water partition coefficient (Wildman–Crippen LogP) is 2.42. The van der Waals surface area contributed by atoms with E-state index in [1.54, 1.807) is 6.07 Å². The maximum atomic E-state index is 13.4. The van der Waals surface area contributed by atoms with Crippen molar-refractivity contribution in [2.45, 2.75) is 75.4 Å². The summed E-state index contributed by atoms with van der Waals surface area (Å²) in [5.41, 5.74) is 3.96. The van der Waals surface area contributed by atoms with Gasteiger partial charge >= 0.3 is 33.0 Å². The number of hydrogen-bond donors (Lipinski definition) is 10. The number of aliphatic hydroxyl groups is 2. The first-order chi connectivity index (χ1) is 46.1. The molecule has 3 aliphatic heterocycles. The van der Waals surface area contributed by atoms with Crippen LogP contribution in [0.2, 0.25) is 0 Å². The Kier molecular flexibility index (Phi) is 27.8. The van der Waals surface area contributed by atoms with Gasteiger partial charge in [0.1, 0.15) is 53.7 Å². The van der Waals surface area contributed by atoms with Gasteiger partial charge in [-0.05, 0) is 73.0 Å². The molecule has 11 N–H and O–H groups in total. The summed E-state index contributed by atoms with van der Waals surface area (Å²) in [4.78, 5) is 115. The number of nitrogen functional groups attached to an aromatic ring is 1. The second-order valence-corrected chi connectivity index (χ2v) is 24.4. The number of ether oxygens (including phenoxy) is 7. The maximum Gasteiger partial charge on any atom is 0.472 e. The van der Waals surface area contributed by atoms with Crippen LogP contribution in [0, 0.1) is 0 Å². The number of fused-ring (bicyclic) bond motifs is 2. The fourth-order valence-corrected chi connectivity index (χ4v) is 11.7. The number of aromatic nitrogens is 4. The SMILES string of the molecule is Nc1ccn([C@H]2C[C@@H](O)[C@@H](COP(=O)(O)OCCOCCOCCOCCOCCOCCOP(=O)(O)O[C@@H]3C[C@H](n4cc(C=CC(=O)NCCCCCCNC(=O)c5ccc(C(=O)O)c(-c6c7ccc(=O)cc-7oc7cc(O)ccc67)c5)c(=O)[nH]c4=O)O[C@@H]3CO)O2)c(=O)n1. The molecule has 4 aliphatic rings. The minimum Gasteiger partial charge on any atom is -0.508 e. The molecule has 34 nitrogen and oxygen atoms in total. The van der Waals surface area contributed by atoms with Crippen molar-refractivity contribution < 1.29 is 109 Å². The summed E-state index contributed by atoms with van der Waals surface area (Å²) < 4.78 is 91.7. The minimum atomic E-state index is -4.76. The number of carbonyl (C=O) groups excluding carboxylic acids is 2. The smallest absolute Gasteiger partial charge is 0.472 e. The molecule has 2 fully saturated rings. The molecule has 5 heterocycles. The van der Waals surface area contributed by atoms with Crippen molar-refractivity contribution in [3.05, 3.63) is 137 Å². The van der Waals surface area contributed by atoms with E-state index >= 15 is 0 Å². The number of carbonyl (C=O) groups is 3. The summed E-state index contributed by atoms with van der Waals surface area (Å²) in [5.74, 6) is -2.17. The molecule has 2 aromatic heterocycles. The van der Waals surface area contributed by atoms with E-state index < -0.39 is 100 Å². The van der Waals surface area contributed by atoms with Crippen LogP contribution >= 0.6 is 15.6 Å². The van der Waals surface area contributed by atoms with Gasteiger partial charge in [-0.3, -0.25) is 51.4 Å². The second-order valence-electron chi connectivity index (χ2n) is 21.6. The Morgan fingerprint density at radius 2 is 1.34 bits per heavy atom. The Morgan fingerprint density at radius 1 is 0.719 bits per heavy atom. The number of carboxylic acids is 1. The number of aromatic amines is 1. The van der Waals surface area contributed by atoms with E-state index in [9.17, 15) is 72.9 Å². The average Bonchev–Trinajstić information content (AvgIpc) is 0.942. The van der Waals surface area contributed by atoms with Crippen molar-refractivity contribution in [3.63, 3.8) is 0 Å². The number of nitrogens with two attached hydrogens (primary N) is 1. The lowest BCUT2D eigenvalue weighted by molar-refractivity contribution is -0.116. The van der Waals surface area contributed by atoms with Gasteiger partial charge in [-0.1, -0.05) is 12.8 Å². The van der Waals surface area contributed by atoms with Crippen molar-refractivity contribution in [1.82, 2.24) is 29.7 Å². The standard InChI is InChI=1S/C60H75N7O27P2/c61-51-13-16-66(59(77)64-51)53-32-45(71)50(93-53)36-90-95(79,80)88-27-25-86-23-21-84-19-17-83-18-20-85-22-24-87-26-28-89-96(81,82)94-48-33-54(92-49(48)35-68)67-34-38(57(74)65-60(67)78)6-12-52(72)62-14-3-1-2-4-15-63-56(73)37-5-9-41(58(75)76)44(29-37)55-42-10-7-39(69)30-46(42)91-47-31-40(70)8-11-43(47)55/h5-13,16,29-31,34,45,48-50,53-54,68-69,71H,1-4,14-15,17-28,32-33,35-36H2,(H,62,72)(H,63,73)(H,75,76)(H,79,80)(H,81,82)(H2,61,64,77)(H,65,74,78)/t45-,48-,49-,50-,53-,54-/m1/s1. The van der Waals surface area contributed by atoms with Gasteiger partial charge in [0, 0.05) is 78.6 Å². The zero-order valence-electron chi connectivity index (χ0n) is 51.7. The van der Waals surface area contributed by atoms with Crippen molar-refractivity contribution >= 4 is 56.3 Å². The number of phosphoric acid groups is 2. The number of hydrogen-bond acceptors (Lipinski definition) is 26. The quantitative estimate of drug-likeness (QED) is 0.0114. The van der Waals surface area contributed by atoms with Crippen molar-refractivity contribution in [3.8, 4) is 28.2 Å². The number of aromatic hydroxyl groups is 1. The van der Waals surface area contributed by atoms with E-state index in [1.165, 1.54) is 66.9 Å². The Bertz CT molecular complexity index is 3960. The molecular weight excluding hydrogens is 1310 g/mol. The monoisotopic (exact) mass is 1390 g/mol. The number of phosphoric ester groups is 2. The molecule has 0 saturated carbocycles. The lowest BCUT2D eigenvalue weighted by atomic mass is 9.89. The molecule has 0 bridgehead atoms. The van der Waals surface area contributed by atoms with Gasteiger partial charge in [0.05, 0.1) is 110 Å². The normalized spacial score (nSPS) is 19.2. The number of amides is 2. The summed E-state index contributed by atoms with van der Waals surface area (Å²) in [6.45, 7) is 0.166. The van der Waals surface area contributed by atoms with E-state index in [-0.39, 0.29) is 156 Å². The molecule has 2 unspecified atom stereocenters. The topological polar surface area (TPSA) is 478 Å². The highest BCUT2D eigenvalue weighted by molar-refractivity contribution is 7.47. The molecule has 2 amide bonds. The predicted molar refractivity (Wildman–Crippen MR) is 337 cm³/mol. The van der Waals surface area contributed by atoms with Gasteiger partial charge in [0.2, 0.25) is 5.91 Å². The van der Waals surface area contributed by atoms with E-state index in [0.717, 1.165) is 21.4 Å². The number of aliphatic hydroxyl groups excluding tert-OH is 2. The number of phenols is 1. The van der Waals surface area contributed by atoms with Gasteiger partial charge in [-0.25, -0.2) is 23.5 Å². The number of anilines is 1. The van der Waals surface area contributed by atoms with Crippen LogP contribution in [0.4, 0.5) is 5.82 Å². The molecule has 36 heteroatoms. The van der Waals surface area contributed by atoms with Crippen molar-refractivity contribution in [2.24, 2.45) is 0 Å². The van der Waals surface area contributed by atoms with Crippen LogP contribution in [0.25, 0.3) is 39.5 Å². The lowest BCUT2D eigenvalue weighted by Crippen LogP contribution is -2.33. The van der Waals surface area contributed by atoms with Crippen LogP contribution in [0.3, 0.4) is 0 Å². The van der Waals surface area contributed by atoms with Crippen LogP contribution < -0.4 is 38.7 Å². The van der Waals surface area contributed by atoms with Gasteiger partial charge in [0.25, 0.3) is 11.5 Å². The van der Waals surface area contributed by atoms with Gasteiger partial charge in [-0.15, -0.1) is 0 Å². The molecule has 2 saturated heterocycles. The van der Waals surface area contributed by atoms with Gasteiger partial charge in [0.15, 0.2) is 5.43 Å². The Hall–Kier alpha value is -7.70. The zero-order chi connectivity index (χ0) is 68.8. The Labute approximate surface area is 545 Å². The molecular formula is C60H75N7O27P2. The van der Waals surface area contributed by atoms with Crippen LogP contribution in [-0.2, 0) is 65.2 Å². The average molecular weight is 1390 g/mol. The summed E-state index contributed by atoms with van der Waals surface area (Å²) >= 11 is 0. The number of nitrogens with one attached hydrogen (secondary N) is 3. The summed E-state index contributed by atoms with van der Waals surface area (Å²) in [7, 11) is -9.28. The highest BCUT2D eigenvalue weighted by Crippen LogP contribution is 2.49.